The minimum Gasteiger partial charge on any atom is -0.493 e. The second kappa shape index (κ2) is 8.28. The number of rotatable bonds is 5. The molecule has 1 unspecified atom stereocenters. The first-order valence-corrected chi connectivity index (χ1v) is 8.57. The summed E-state index contributed by atoms with van der Waals surface area (Å²) in [5.41, 5.74) is 2.29. The SMILES string of the molecule is COc1cc(/C=C/C(=O)NC(C)c2ccc(C#N)cc2)cc2c1OCCO2. The molecule has 0 bridgehead atoms. The number of benzene rings is 2. The van der Waals surface area contributed by atoms with E-state index in [2.05, 4.69) is 11.4 Å². The Labute approximate surface area is 158 Å². The molecule has 2 aromatic rings. The lowest BCUT2D eigenvalue weighted by Crippen LogP contribution is -2.24. The Morgan fingerprint density at radius 3 is 2.70 bits per heavy atom. The number of ether oxygens (including phenoxy) is 3. The number of nitrogens with zero attached hydrogens (tertiary/aromatic N) is 1. The molecule has 6 nitrogen and oxygen atoms in total. The van der Waals surface area contributed by atoms with Gasteiger partial charge in [-0.15, -0.1) is 0 Å². The summed E-state index contributed by atoms with van der Waals surface area (Å²) in [7, 11) is 1.56. The Bertz CT molecular complexity index is 880. The van der Waals surface area contributed by atoms with Crippen LogP contribution < -0.4 is 19.5 Å². The van der Waals surface area contributed by atoms with Crippen LogP contribution in [0.25, 0.3) is 6.08 Å². The molecule has 1 N–H and O–H groups in total. The molecule has 1 atom stereocenters. The fourth-order valence-corrected chi connectivity index (χ4v) is 2.75. The Hall–Kier alpha value is -3.46. The Balaban J connectivity index is 1.68. The molecule has 3 rings (SSSR count). The van der Waals surface area contributed by atoms with Gasteiger partial charge in [0.25, 0.3) is 0 Å². The highest BCUT2D eigenvalue weighted by molar-refractivity contribution is 5.92. The van der Waals surface area contributed by atoms with Crippen molar-refractivity contribution >= 4 is 12.0 Å². The van der Waals surface area contributed by atoms with Gasteiger partial charge in [0.15, 0.2) is 11.5 Å². The van der Waals surface area contributed by atoms with E-state index in [9.17, 15) is 4.79 Å². The van der Waals surface area contributed by atoms with Crippen LogP contribution in [0, 0.1) is 11.3 Å². The average molecular weight is 364 g/mol. The third-order valence-corrected chi connectivity index (χ3v) is 4.18. The average Bonchev–Trinajstić information content (AvgIpc) is 2.71. The quantitative estimate of drug-likeness (QED) is 0.824. The summed E-state index contributed by atoms with van der Waals surface area (Å²) in [5, 5.41) is 11.7. The van der Waals surface area contributed by atoms with Gasteiger partial charge in [0.05, 0.1) is 24.8 Å². The zero-order chi connectivity index (χ0) is 19.2. The molecule has 2 aromatic carbocycles. The predicted octanol–water partition coefficient (Wildman–Crippen LogP) is 3.23. The van der Waals surface area contributed by atoms with Crippen LogP contribution in [0.1, 0.15) is 29.7 Å². The predicted molar refractivity (Wildman–Crippen MR) is 101 cm³/mol. The van der Waals surface area contributed by atoms with Crippen molar-refractivity contribution in [3.05, 3.63) is 59.2 Å². The first-order chi connectivity index (χ1) is 13.1. The van der Waals surface area contributed by atoms with E-state index in [0.717, 1.165) is 11.1 Å². The molecule has 1 heterocycles. The van der Waals surface area contributed by atoms with E-state index in [1.54, 1.807) is 31.4 Å². The summed E-state index contributed by atoms with van der Waals surface area (Å²) < 4.78 is 16.5. The van der Waals surface area contributed by atoms with Gasteiger partial charge < -0.3 is 19.5 Å². The van der Waals surface area contributed by atoms with E-state index < -0.39 is 0 Å². The lowest BCUT2D eigenvalue weighted by Gasteiger charge is -2.21. The van der Waals surface area contributed by atoms with Crippen LogP contribution in [0.5, 0.6) is 17.2 Å². The van der Waals surface area contributed by atoms with Crippen LogP contribution in [-0.4, -0.2) is 26.2 Å². The molecular formula is C21H20N2O4. The van der Waals surface area contributed by atoms with Crippen molar-refractivity contribution in [1.82, 2.24) is 5.32 Å². The van der Waals surface area contributed by atoms with Gasteiger partial charge in [0, 0.05) is 6.08 Å². The Morgan fingerprint density at radius 1 is 1.26 bits per heavy atom. The number of carbonyl (C=O) groups excluding carboxylic acids is 1. The maximum absolute atomic E-state index is 12.2. The number of hydrogen-bond donors (Lipinski definition) is 1. The number of hydrogen-bond acceptors (Lipinski definition) is 5. The first kappa shape index (κ1) is 18.3. The summed E-state index contributed by atoms with van der Waals surface area (Å²) in [6, 6.07) is 12.6. The molecule has 0 radical (unpaired) electrons. The lowest BCUT2D eigenvalue weighted by atomic mass is 10.1. The molecule has 27 heavy (non-hydrogen) atoms. The van der Waals surface area contributed by atoms with Crippen LogP contribution in [0.4, 0.5) is 0 Å². The molecule has 1 amide bonds. The molecule has 0 saturated heterocycles. The largest absolute Gasteiger partial charge is 0.493 e. The van der Waals surface area contributed by atoms with Crippen LogP contribution >= 0.6 is 0 Å². The highest BCUT2D eigenvalue weighted by atomic mass is 16.6. The van der Waals surface area contributed by atoms with Gasteiger partial charge in [0.2, 0.25) is 11.7 Å². The third-order valence-electron chi connectivity index (χ3n) is 4.18. The highest BCUT2D eigenvalue weighted by Gasteiger charge is 2.17. The van der Waals surface area contributed by atoms with E-state index in [0.29, 0.717) is 36.0 Å². The molecule has 0 aromatic heterocycles. The number of methoxy groups -OCH3 is 1. The number of amides is 1. The number of nitrogens with one attached hydrogen (secondary N) is 1. The monoisotopic (exact) mass is 364 g/mol. The minimum absolute atomic E-state index is 0.176. The lowest BCUT2D eigenvalue weighted by molar-refractivity contribution is -0.117. The molecule has 0 saturated carbocycles. The maximum Gasteiger partial charge on any atom is 0.244 e. The van der Waals surface area contributed by atoms with Crippen molar-refractivity contribution in [2.45, 2.75) is 13.0 Å². The molecule has 0 aliphatic carbocycles. The summed E-state index contributed by atoms with van der Waals surface area (Å²) in [4.78, 5) is 12.2. The minimum atomic E-state index is -0.222. The normalized spacial score (nSPS) is 13.7. The van der Waals surface area contributed by atoms with E-state index in [1.807, 2.05) is 25.1 Å². The summed E-state index contributed by atoms with van der Waals surface area (Å²) in [6.45, 7) is 2.85. The standard InChI is InChI=1S/C21H20N2O4/c1-14(17-6-3-15(13-22)4-7-17)23-20(24)8-5-16-11-18(25-2)21-19(12-16)26-9-10-27-21/h3-8,11-12,14H,9-10H2,1-2H3,(H,23,24)/b8-5+. The van der Waals surface area contributed by atoms with E-state index >= 15 is 0 Å². The topological polar surface area (TPSA) is 80.6 Å². The van der Waals surface area contributed by atoms with Crippen molar-refractivity contribution in [2.75, 3.05) is 20.3 Å². The van der Waals surface area contributed by atoms with E-state index in [1.165, 1.54) is 6.08 Å². The van der Waals surface area contributed by atoms with Gasteiger partial charge in [0.1, 0.15) is 13.2 Å². The Morgan fingerprint density at radius 2 is 2.00 bits per heavy atom. The van der Waals surface area contributed by atoms with Crippen molar-refractivity contribution in [2.24, 2.45) is 0 Å². The van der Waals surface area contributed by atoms with Crippen LogP contribution in [0.2, 0.25) is 0 Å². The maximum atomic E-state index is 12.2. The highest BCUT2D eigenvalue weighted by Crippen LogP contribution is 2.40. The number of carbonyl (C=O) groups is 1. The third kappa shape index (κ3) is 4.39. The van der Waals surface area contributed by atoms with Crippen molar-refractivity contribution < 1.29 is 19.0 Å². The Kier molecular flexibility index (Phi) is 5.62. The molecule has 1 aliphatic rings. The van der Waals surface area contributed by atoms with Crippen LogP contribution in [0.15, 0.2) is 42.5 Å². The summed E-state index contributed by atoms with van der Waals surface area (Å²) in [6.07, 6.45) is 3.16. The second-order valence-electron chi connectivity index (χ2n) is 6.04. The van der Waals surface area contributed by atoms with Crippen molar-refractivity contribution in [1.29, 1.82) is 5.26 Å². The van der Waals surface area contributed by atoms with Crippen LogP contribution in [0.3, 0.4) is 0 Å². The van der Waals surface area contributed by atoms with Gasteiger partial charge in [-0.2, -0.15) is 5.26 Å². The van der Waals surface area contributed by atoms with Crippen molar-refractivity contribution in [3.8, 4) is 23.3 Å². The van der Waals surface area contributed by atoms with Gasteiger partial charge in [-0.3, -0.25) is 4.79 Å². The smallest absolute Gasteiger partial charge is 0.244 e. The fraction of sp³-hybridized carbons (Fsp3) is 0.238. The van der Waals surface area contributed by atoms with Gasteiger partial charge in [-0.25, -0.2) is 0 Å². The first-order valence-electron chi connectivity index (χ1n) is 8.57. The zero-order valence-corrected chi connectivity index (χ0v) is 15.2. The molecule has 1 aliphatic heterocycles. The molecule has 6 heteroatoms. The van der Waals surface area contributed by atoms with Gasteiger partial charge in [-0.05, 0) is 48.4 Å². The molecule has 138 valence electrons. The molecule has 0 spiro atoms. The molecule has 0 fully saturated rings. The van der Waals surface area contributed by atoms with E-state index in [-0.39, 0.29) is 11.9 Å². The van der Waals surface area contributed by atoms with Crippen molar-refractivity contribution in [3.63, 3.8) is 0 Å². The van der Waals surface area contributed by atoms with Crippen LogP contribution in [-0.2, 0) is 4.79 Å². The number of fused-ring (bicyclic) bond motifs is 1. The second-order valence-corrected chi connectivity index (χ2v) is 6.04. The summed E-state index contributed by atoms with van der Waals surface area (Å²) >= 11 is 0. The molecular weight excluding hydrogens is 344 g/mol. The van der Waals surface area contributed by atoms with E-state index in [4.69, 9.17) is 19.5 Å². The zero-order valence-electron chi connectivity index (χ0n) is 15.2. The van der Waals surface area contributed by atoms with Gasteiger partial charge >= 0.3 is 0 Å². The van der Waals surface area contributed by atoms with Gasteiger partial charge in [-0.1, -0.05) is 12.1 Å². The number of nitriles is 1. The summed E-state index contributed by atoms with van der Waals surface area (Å²) in [5.74, 6) is 1.53. The fourth-order valence-electron chi connectivity index (χ4n) is 2.75.